The minimum absolute atomic E-state index is 0.203. The fourth-order valence-corrected chi connectivity index (χ4v) is 3.38. The zero-order chi connectivity index (χ0) is 16.7. The van der Waals surface area contributed by atoms with Gasteiger partial charge in [0.2, 0.25) is 0 Å². The number of nitrogens with zero attached hydrogens (tertiary/aromatic N) is 2. The van der Waals surface area contributed by atoms with Crippen LogP contribution in [0.3, 0.4) is 0 Å². The van der Waals surface area contributed by atoms with Crippen LogP contribution in [0.15, 0.2) is 28.9 Å². The first-order valence-corrected chi connectivity index (χ1v) is 8.38. The molecule has 0 atom stereocenters. The van der Waals surface area contributed by atoms with Crippen LogP contribution in [0.25, 0.3) is 10.9 Å². The molecular weight excluding hydrogens is 374 g/mol. The highest BCUT2D eigenvalue weighted by molar-refractivity contribution is 9.10. The number of rotatable bonds is 3. The van der Waals surface area contributed by atoms with E-state index in [1.165, 1.54) is 0 Å². The number of amides is 1. The highest BCUT2D eigenvalue weighted by Crippen LogP contribution is 2.30. The second-order valence-electron chi connectivity index (χ2n) is 5.59. The van der Waals surface area contributed by atoms with Gasteiger partial charge < -0.3 is 24.9 Å². The van der Waals surface area contributed by atoms with E-state index in [0.717, 1.165) is 34.3 Å². The maximum atomic E-state index is 12.6. The summed E-state index contributed by atoms with van der Waals surface area (Å²) in [6.45, 7) is 2.37. The van der Waals surface area contributed by atoms with Crippen LogP contribution in [0.2, 0.25) is 0 Å². The lowest BCUT2D eigenvalue weighted by molar-refractivity contribution is 0.102. The molecule has 24 heavy (non-hydrogen) atoms. The van der Waals surface area contributed by atoms with E-state index in [1.807, 2.05) is 16.7 Å². The number of imidazole rings is 1. The normalized spacial score (nSPS) is 13.8. The average molecular weight is 390 g/mol. The van der Waals surface area contributed by atoms with Crippen LogP contribution >= 0.6 is 15.9 Å². The van der Waals surface area contributed by atoms with Crippen molar-refractivity contribution in [3.8, 4) is 5.75 Å². The second kappa shape index (κ2) is 5.95. The molecule has 0 bridgehead atoms. The van der Waals surface area contributed by atoms with E-state index in [2.05, 4.69) is 36.5 Å². The molecule has 0 fully saturated rings. The van der Waals surface area contributed by atoms with Gasteiger partial charge in [0, 0.05) is 22.9 Å². The van der Waals surface area contributed by atoms with Crippen molar-refractivity contribution in [2.24, 2.45) is 0 Å². The highest BCUT2D eigenvalue weighted by Gasteiger charge is 2.18. The number of benzene rings is 1. The third kappa shape index (κ3) is 2.57. The molecule has 124 valence electrons. The molecule has 1 aliphatic heterocycles. The molecule has 0 aliphatic carbocycles. The van der Waals surface area contributed by atoms with Gasteiger partial charge >= 0.3 is 0 Å². The fourth-order valence-electron chi connectivity index (χ4n) is 2.94. The summed E-state index contributed by atoms with van der Waals surface area (Å²) < 4.78 is 8.29. The highest BCUT2D eigenvalue weighted by atomic mass is 79.9. The molecule has 3 aromatic rings. The van der Waals surface area contributed by atoms with Crippen molar-refractivity contribution in [2.75, 3.05) is 19.0 Å². The van der Waals surface area contributed by atoms with Gasteiger partial charge in [0.25, 0.3) is 5.91 Å². The Labute approximate surface area is 146 Å². The number of methoxy groups -OCH3 is 1. The van der Waals surface area contributed by atoms with E-state index in [9.17, 15) is 4.79 Å². The van der Waals surface area contributed by atoms with E-state index >= 15 is 0 Å². The Hall–Kier alpha value is -2.32. The van der Waals surface area contributed by atoms with Crippen LogP contribution in [-0.2, 0) is 13.1 Å². The van der Waals surface area contributed by atoms with Gasteiger partial charge in [0.05, 0.1) is 25.4 Å². The molecule has 1 amide bonds. The minimum atomic E-state index is -0.203. The zero-order valence-electron chi connectivity index (χ0n) is 13.0. The van der Waals surface area contributed by atoms with Crippen LogP contribution in [0, 0.1) is 0 Å². The van der Waals surface area contributed by atoms with Crippen molar-refractivity contribution >= 4 is 38.6 Å². The molecule has 0 spiro atoms. The summed E-state index contributed by atoms with van der Waals surface area (Å²) in [6, 6.07) is 5.59. The Balaban J connectivity index is 1.65. The molecule has 0 radical (unpaired) electrons. The van der Waals surface area contributed by atoms with Gasteiger partial charge in [-0.05, 0) is 18.2 Å². The summed E-state index contributed by atoms with van der Waals surface area (Å²) in [6.07, 6.45) is 1.69. The molecule has 8 heteroatoms. The van der Waals surface area contributed by atoms with Crippen LogP contribution in [-0.4, -0.2) is 34.1 Å². The standard InChI is InChI=1S/C16H16BrN5O2/c1-24-13-5-9(17)4-11-10(13)6-12(20-11)16(23)21-15-8-19-14-7-18-2-3-22(14)15/h4-6,8,18,20H,2-3,7H2,1H3,(H,21,23). The van der Waals surface area contributed by atoms with Gasteiger partial charge in [0.15, 0.2) is 0 Å². The van der Waals surface area contributed by atoms with Crippen molar-refractivity contribution < 1.29 is 9.53 Å². The molecule has 3 heterocycles. The zero-order valence-corrected chi connectivity index (χ0v) is 14.6. The molecule has 2 aromatic heterocycles. The molecule has 7 nitrogen and oxygen atoms in total. The van der Waals surface area contributed by atoms with Gasteiger partial charge in [-0.25, -0.2) is 4.98 Å². The average Bonchev–Trinajstić information content (AvgIpc) is 3.18. The lowest BCUT2D eigenvalue weighted by Gasteiger charge is -2.17. The number of H-pyrrole nitrogens is 1. The van der Waals surface area contributed by atoms with Crippen molar-refractivity contribution in [3.05, 3.63) is 40.4 Å². The number of halogens is 1. The van der Waals surface area contributed by atoms with Gasteiger partial charge in [-0.2, -0.15) is 0 Å². The molecule has 1 aromatic carbocycles. The lowest BCUT2D eigenvalue weighted by Crippen LogP contribution is -2.29. The van der Waals surface area contributed by atoms with E-state index in [-0.39, 0.29) is 5.91 Å². The van der Waals surface area contributed by atoms with E-state index < -0.39 is 0 Å². The molecule has 0 saturated heterocycles. The van der Waals surface area contributed by atoms with Crippen molar-refractivity contribution in [1.82, 2.24) is 19.9 Å². The molecule has 4 rings (SSSR count). The summed E-state index contributed by atoms with van der Waals surface area (Å²) in [5.41, 5.74) is 1.32. The van der Waals surface area contributed by atoms with Gasteiger partial charge in [-0.1, -0.05) is 15.9 Å². The van der Waals surface area contributed by atoms with Crippen molar-refractivity contribution in [1.29, 1.82) is 0 Å². The number of hydrogen-bond donors (Lipinski definition) is 3. The lowest BCUT2D eigenvalue weighted by atomic mass is 10.2. The number of anilines is 1. The topological polar surface area (TPSA) is 84.0 Å². The van der Waals surface area contributed by atoms with E-state index in [4.69, 9.17) is 4.74 Å². The predicted molar refractivity (Wildman–Crippen MR) is 94.4 cm³/mol. The van der Waals surface area contributed by atoms with Gasteiger partial charge in [0.1, 0.15) is 23.1 Å². The molecule has 3 N–H and O–H groups in total. The summed E-state index contributed by atoms with van der Waals surface area (Å²) in [5.74, 6) is 2.15. The Bertz CT molecular complexity index is 930. The summed E-state index contributed by atoms with van der Waals surface area (Å²) >= 11 is 3.44. The van der Waals surface area contributed by atoms with Crippen LogP contribution < -0.4 is 15.4 Å². The number of aromatic nitrogens is 3. The minimum Gasteiger partial charge on any atom is -0.496 e. The maximum absolute atomic E-state index is 12.6. The van der Waals surface area contributed by atoms with Gasteiger partial charge in [-0.3, -0.25) is 4.79 Å². The number of nitrogens with one attached hydrogen (secondary N) is 3. The number of aromatic amines is 1. The predicted octanol–water partition coefficient (Wildman–Crippen LogP) is 2.49. The van der Waals surface area contributed by atoms with Gasteiger partial charge in [-0.15, -0.1) is 0 Å². The largest absolute Gasteiger partial charge is 0.496 e. The van der Waals surface area contributed by atoms with E-state index in [0.29, 0.717) is 23.8 Å². The first-order chi connectivity index (χ1) is 11.7. The Kier molecular flexibility index (Phi) is 3.78. The molecule has 1 aliphatic rings. The number of carbonyl (C=O) groups excluding carboxylic acids is 1. The second-order valence-corrected chi connectivity index (χ2v) is 6.51. The number of hydrogen-bond acceptors (Lipinski definition) is 4. The SMILES string of the molecule is COc1cc(Br)cc2[nH]c(C(=O)Nc3cnc4n3CCNC4)cc12. The monoisotopic (exact) mass is 389 g/mol. The van der Waals surface area contributed by atoms with Crippen molar-refractivity contribution in [2.45, 2.75) is 13.1 Å². The summed E-state index contributed by atoms with van der Waals surface area (Å²) in [4.78, 5) is 20.1. The Morgan fingerprint density at radius 2 is 2.29 bits per heavy atom. The van der Waals surface area contributed by atoms with Crippen LogP contribution in [0.4, 0.5) is 5.82 Å². The van der Waals surface area contributed by atoms with Crippen molar-refractivity contribution in [3.63, 3.8) is 0 Å². The van der Waals surface area contributed by atoms with Crippen LogP contribution in [0.1, 0.15) is 16.3 Å². The summed E-state index contributed by atoms with van der Waals surface area (Å²) in [5, 5.41) is 7.05. The van der Waals surface area contributed by atoms with E-state index in [1.54, 1.807) is 19.4 Å². The number of ether oxygens (including phenoxy) is 1. The quantitative estimate of drug-likeness (QED) is 0.642. The smallest absolute Gasteiger partial charge is 0.273 e. The Morgan fingerprint density at radius 1 is 1.42 bits per heavy atom. The van der Waals surface area contributed by atoms with Crippen LogP contribution in [0.5, 0.6) is 5.75 Å². The summed E-state index contributed by atoms with van der Waals surface area (Å²) in [7, 11) is 1.61. The third-order valence-corrected chi connectivity index (χ3v) is 4.56. The molecule has 0 saturated carbocycles. The fraction of sp³-hybridized carbons (Fsp3) is 0.250. The maximum Gasteiger partial charge on any atom is 0.273 e. The number of fused-ring (bicyclic) bond motifs is 2. The first-order valence-electron chi connectivity index (χ1n) is 7.58. The molecular formula is C16H16BrN5O2. The Morgan fingerprint density at radius 3 is 3.12 bits per heavy atom. The number of carbonyl (C=O) groups is 1. The molecule has 0 unspecified atom stereocenters. The first kappa shape index (κ1) is 15.2. The third-order valence-electron chi connectivity index (χ3n) is 4.10.